The highest BCUT2D eigenvalue weighted by Gasteiger charge is 2.29. The Morgan fingerprint density at radius 2 is 1.47 bits per heavy atom. The third kappa shape index (κ3) is 3.65. The molecule has 3 N–H and O–H groups in total. The standard InChI is InChI=1S/C21H15N3O5S/c25-19-15-11-10-14(12-17(15)21(27)23-19)30(28,29)24-18-9-5-4-8-16(18)20(26)22-13-6-2-1-3-7-13/h1-12,24H,(H,22,26)(H,23,25,27). The molecule has 0 bridgehead atoms. The van der Waals surface area contributed by atoms with Crippen LogP contribution < -0.4 is 15.4 Å². The van der Waals surface area contributed by atoms with Crippen LogP contribution in [0, 0.1) is 0 Å². The molecule has 0 unspecified atom stereocenters. The first kappa shape index (κ1) is 19.3. The van der Waals surface area contributed by atoms with Gasteiger partial charge in [0.15, 0.2) is 0 Å². The molecule has 3 aromatic rings. The molecule has 150 valence electrons. The number of benzene rings is 3. The fraction of sp³-hybridized carbons (Fsp3) is 0. The maximum absolute atomic E-state index is 12.9. The van der Waals surface area contributed by atoms with Crippen molar-refractivity contribution in [3.8, 4) is 0 Å². The number of amides is 3. The van der Waals surface area contributed by atoms with Gasteiger partial charge in [0.25, 0.3) is 27.7 Å². The van der Waals surface area contributed by atoms with Crippen LogP contribution in [-0.4, -0.2) is 26.1 Å². The summed E-state index contributed by atoms with van der Waals surface area (Å²) in [5.74, 6) is -1.72. The number of nitrogens with one attached hydrogen (secondary N) is 3. The normalized spacial score (nSPS) is 12.8. The summed E-state index contributed by atoms with van der Waals surface area (Å²) in [5.41, 5.74) is 0.861. The summed E-state index contributed by atoms with van der Waals surface area (Å²) in [6, 6.07) is 18.5. The van der Waals surface area contributed by atoms with Gasteiger partial charge < -0.3 is 5.32 Å². The molecular weight excluding hydrogens is 406 g/mol. The van der Waals surface area contributed by atoms with Crippen molar-refractivity contribution in [3.63, 3.8) is 0 Å². The minimum atomic E-state index is -4.13. The molecule has 0 saturated heterocycles. The van der Waals surface area contributed by atoms with Crippen molar-refractivity contribution in [2.45, 2.75) is 4.90 Å². The second kappa shape index (κ2) is 7.45. The molecule has 4 rings (SSSR count). The lowest BCUT2D eigenvalue weighted by Crippen LogP contribution is -2.20. The zero-order chi connectivity index (χ0) is 21.3. The van der Waals surface area contributed by atoms with E-state index in [1.807, 2.05) is 6.07 Å². The lowest BCUT2D eigenvalue weighted by molar-refractivity contribution is 0.0878. The molecule has 30 heavy (non-hydrogen) atoms. The molecule has 0 fully saturated rings. The molecule has 1 heterocycles. The van der Waals surface area contributed by atoms with Crippen LogP contribution in [0.4, 0.5) is 11.4 Å². The van der Waals surface area contributed by atoms with Gasteiger partial charge in [-0.3, -0.25) is 24.4 Å². The molecule has 9 heteroatoms. The lowest BCUT2D eigenvalue weighted by atomic mass is 10.1. The Balaban J connectivity index is 1.63. The molecular formula is C21H15N3O5S. The predicted octanol–water partition coefficient (Wildman–Crippen LogP) is 2.62. The highest BCUT2D eigenvalue weighted by atomic mass is 32.2. The second-order valence-electron chi connectivity index (χ2n) is 6.46. The number of carbonyl (C=O) groups excluding carboxylic acids is 3. The summed E-state index contributed by atoms with van der Waals surface area (Å²) in [6.45, 7) is 0. The molecule has 0 atom stereocenters. The summed E-state index contributed by atoms with van der Waals surface area (Å²) in [5, 5.41) is 4.82. The van der Waals surface area contributed by atoms with Crippen molar-refractivity contribution < 1.29 is 22.8 Å². The van der Waals surface area contributed by atoms with E-state index in [-0.39, 0.29) is 27.3 Å². The quantitative estimate of drug-likeness (QED) is 0.547. The average molecular weight is 421 g/mol. The molecule has 0 aromatic heterocycles. The van der Waals surface area contributed by atoms with Gasteiger partial charge >= 0.3 is 0 Å². The number of hydrogen-bond donors (Lipinski definition) is 3. The first-order valence-corrected chi connectivity index (χ1v) is 10.3. The smallest absolute Gasteiger partial charge is 0.261 e. The lowest BCUT2D eigenvalue weighted by Gasteiger charge is -2.13. The number of carbonyl (C=O) groups is 3. The fourth-order valence-corrected chi connectivity index (χ4v) is 4.11. The van der Waals surface area contributed by atoms with Crippen LogP contribution in [0.5, 0.6) is 0 Å². The number of rotatable bonds is 5. The van der Waals surface area contributed by atoms with Crippen molar-refractivity contribution >= 4 is 39.1 Å². The summed E-state index contributed by atoms with van der Waals surface area (Å²) in [7, 11) is -4.13. The van der Waals surface area contributed by atoms with E-state index in [0.717, 1.165) is 6.07 Å². The van der Waals surface area contributed by atoms with E-state index in [4.69, 9.17) is 0 Å². The van der Waals surface area contributed by atoms with Crippen molar-refractivity contribution in [3.05, 3.63) is 89.5 Å². The van der Waals surface area contributed by atoms with E-state index in [0.29, 0.717) is 5.69 Å². The Bertz CT molecular complexity index is 1290. The van der Waals surface area contributed by atoms with Gasteiger partial charge in [-0.25, -0.2) is 8.42 Å². The van der Waals surface area contributed by atoms with Crippen LogP contribution >= 0.6 is 0 Å². The van der Waals surface area contributed by atoms with Crippen molar-refractivity contribution in [1.29, 1.82) is 0 Å². The van der Waals surface area contributed by atoms with Gasteiger partial charge in [0.2, 0.25) is 0 Å². The highest BCUT2D eigenvalue weighted by Crippen LogP contribution is 2.24. The third-order valence-corrected chi connectivity index (χ3v) is 5.83. The van der Waals surface area contributed by atoms with Crippen LogP contribution in [0.3, 0.4) is 0 Å². The van der Waals surface area contributed by atoms with Gasteiger partial charge in [-0.05, 0) is 42.5 Å². The molecule has 0 aliphatic carbocycles. The predicted molar refractivity (Wildman–Crippen MR) is 110 cm³/mol. The van der Waals surface area contributed by atoms with Crippen LogP contribution in [0.2, 0.25) is 0 Å². The molecule has 3 amide bonds. The van der Waals surface area contributed by atoms with Crippen LogP contribution in [0.15, 0.2) is 77.7 Å². The number of hydrogen-bond acceptors (Lipinski definition) is 5. The first-order valence-electron chi connectivity index (χ1n) is 8.83. The Kier molecular flexibility index (Phi) is 4.80. The third-order valence-electron chi connectivity index (χ3n) is 4.47. The Morgan fingerprint density at radius 1 is 0.800 bits per heavy atom. The summed E-state index contributed by atoms with van der Waals surface area (Å²) in [6.07, 6.45) is 0. The Morgan fingerprint density at radius 3 is 2.23 bits per heavy atom. The minimum Gasteiger partial charge on any atom is -0.322 e. The van der Waals surface area contributed by atoms with Crippen LogP contribution in [-0.2, 0) is 10.0 Å². The molecule has 8 nitrogen and oxygen atoms in total. The van der Waals surface area contributed by atoms with Crippen molar-refractivity contribution in [2.24, 2.45) is 0 Å². The summed E-state index contributed by atoms with van der Waals surface area (Å²) in [4.78, 5) is 35.9. The number of fused-ring (bicyclic) bond motifs is 1. The van der Waals surface area contributed by atoms with Gasteiger partial charge in [-0.15, -0.1) is 0 Å². The van der Waals surface area contributed by atoms with Gasteiger partial charge in [-0.2, -0.15) is 0 Å². The Labute approximate surface area is 172 Å². The Hall–Kier alpha value is -3.98. The first-order chi connectivity index (χ1) is 14.3. The zero-order valence-corrected chi connectivity index (χ0v) is 16.2. The largest absolute Gasteiger partial charge is 0.322 e. The van der Waals surface area contributed by atoms with Gasteiger partial charge in [0.1, 0.15) is 0 Å². The maximum Gasteiger partial charge on any atom is 0.261 e. The molecule has 0 radical (unpaired) electrons. The van der Waals surface area contributed by atoms with E-state index >= 15 is 0 Å². The van der Waals surface area contributed by atoms with E-state index < -0.39 is 27.7 Å². The fourth-order valence-electron chi connectivity index (χ4n) is 3.01. The van der Waals surface area contributed by atoms with E-state index in [2.05, 4.69) is 15.4 Å². The van der Waals surface area contributed by atoms with Crippen molar-refractivity contribution in [1.82, 2.24) is 5.32 Å². The number of imide groups is 1. The van der Waals surface area contributed by atoms with Crippen molar-refractivity contribution in [2.75, 3.05) is 10.0 Å². The number of para-hydroxylation sites is 2. The monoisotopic (exact) mass is 421 g/mol. The summed E-state index contributed by atoms with van der Waals surface area (Å²) >= 11 is 0. The van der Waals surface area contributed by atoms with E-state index in [9.17, 15) is 22.8 Å². The van der Waals surface area contributed by atoms with Crippen LogP contribution in [0.25, 0.3) is 0 Å². The SMILES string of the molecule is O=C(Nc1ccccc1)c1ccccc1NS(=O)(=O)c1ccc2c(c1)C(=O)NC2=O. The molecule has 0 saturated carbocycles. The van der Waals surface area contributed by atoms with Gasteiger partial charge in [0.05, 0.1) is 27.3 Å². The van der Waals surface area contributed by atoms with Crippen LogP contribution in [0.1, 0.15) is 31.1 Å². The van der Waals surface area contributed by atoms with E-state index in [1.54, 1.807) is 36.4 Å². The van der Waals surface area contributed by atoms with Gasteiger partial charge in [-0.1, -0.05) is 30.3 Å². The zero-order valence-electron chi connectivity index (χ0n) is 15.4. The number of sulfonamides is 1. The molecule has 3 aromatic carbocycles. The van der Waals surface area contributed by atoms with Gasteiger partial charge in [0, 0.05) is 5.69 Å². The summed E-state index contributed by atoms with van der Waals surface area (Å²) < 4.78 is 28.1. The topological polar surface area (TPSA) is 121 Å². The number of anilines is 2. The average Bonchev–Trinajstić information content (AvgIpc) is 3.02. The molecule has 1 aliphatic heterocycles. The highest BCUT2D eigenvalue weighted by molar-refractivity contribution is 7.92. The van der Waals surface area contributed by atoms with E-state index in [1.165, 1.54) is 24.3 Å². The molecule has 1 aliphatic rings. The maximum atomic E-state index is 12.9. The second-order valence-corrected chi connectivity index (χ2v) is 8.14. The minimum absolute atomic E-state index is 0.0158. The molecule has 0 spiro atoms.